The van der Waals surface area contributed by atoms with Gasteiger partial charge in [0, 0.05) is 148 Å². The minimum absolute atomic E-state index is 0.00550. The SMILES string of the molecule is CC(C)c1c(-c2ccc(Cl)c(C(=O)N3CCOCC3)c2)nc2c(C#N)c[nH]n2c1=O.CC(C)c1c(-c2cccnc2)nc2c(C#N)c[nH]n2c1=O.CC(C)c1c(-c2cnn(C3CCCC3)c2)nc2c(C#N)c[nH]n2c1=O.CC(C)c1c(-c2cnn(Cc3ccsc3)c2)nc2c(C#N)c[nH]n2c1=O.CC(C)c1c(-c2cnn(S(C)(=O)=O)c2)nc2c(C#N)c[nH]n2c1=O.CCc1c(-c2cn[nH]c2)nc2c(C#N)c[nH]n2c1=O. The third-order valence-electron chi connectivity index (χ3n) is 24.3. The molecule has 1 amide bonds. The summed E-state index contributed by atoms with van der Waals surface area (Å²) >= 11 is 7.99. The highest BCUT2D eigenvalue weighted by Crippen LogP contribution is 2.36. The van der Waals surface area contributed by atoms with Gasteiger partial charge in [0.15, 0.2) is 33.9 Å². The number of morpholine rings is 1. The van der Waals surface area contributed by atoms with Crippen molar-refractivity contribution in [1.82, 2.24) is 136 Å². The Balaban J connectivity index is 0.000000125. The Labute approximate surface area is 832 Å². The summed E-state index contributed by atoms with van der Waals surface area (Å²) in [5.74, 6) is -0.474. The highest BCUT2D eigenvalue weighted by molar-refractivity contribution is 7.89. The molecule has 1 saturated carbocycles. The Bertz CT molecular complexity index is 8980. The van der Waals surface area contributed by atoms with E-state index in [0.717, 1.165) is 45.4 Å². The molecule has 0 bridgehead atoms. The summed E-state index contributed by atoms with van der Waals surface area (Å²) in [7, 11) is -3.54. The van der Waals surface area contributed by atoms with Crippen LogP contribution in [0.5, 0.6) is 0 Å². The Hall–Kier alpha value is -18.0. The zero-order valence-electron chi connectivity index (χ0n) is 80.2. The predicted molar refractivity (Wildman–Crippen MR) is 536 cm³/mol. The second-order valence-electron chi connectivity index (χ2n) is 35.4. The second-order valence-corrected chi connectivity index (χ2v) is 38.4. The Kier molecular flexibility index (Phi) is 29.1. The number of thiophene rings is 1. The lowest BCUT2D eigenvalue weighted by Crippen LogP contribution is -2.40. The van der Waals surface area contributed by atoms with Gasteiger partial charge in [0.2, 0.25) is 0 Å². The van der Waals surface area contributed by atoms with E-state index in [0.29, 0.717) is 179 Å². The molecule has 19 heterocycles. The molecule has 1 aliphatic heterocycles. The van der Waals surface area contributed by atoms with E-state index >= 15 is 0 Å². The van der Waals surface area contributed by atoms with Crippen molar-refractivity contribution in [3.8, 4) is 104 Å². The molecule has 18 aromatic heterocycles. The molecule has 0 unspecified atom stereocenters. The molecule has 7 N–H and O–H groups in total. The van der Waals surface area contributed by atoms with Crippen LogP contribution in [-0.4, -0.2) is 183 Å². The van der Waals surface area contributed by atoms with Gasteiger partial charge in [-0.05, 0) is 95.5 Å². The molecule has 145 heavy (non-hydrogen) atoms. The number of hydrogen-bond acceptors (Lipinski definition) is 28. The number of H-pyrrole nitrogens is 7. The molecule has 0 atom stereocenters. The number of pyridine rings is 1. The number of nitrogens with zero attached hydrogens (tertiary/aromatic N) is 27. The summed E-state index contributed by atoms with van der Waals surface area (Å²) in [6, 6.07) is 23.4. The molecule has 734 valence electrons. The lowest BCUT2D eigenvalue weighted by Gasteiger charge is -2.27. The van der Waals surface area contributed by atoms with E-state index in [9.17, 15) is 57.8 Å². The van der Waals surface area contributed by atoms with E-state index in [1.165, 1.54) is 95.1 Å². The van der Waals surface area contributed by atoms with Gasteiger partial charge < -0.3 is 9.64 Å². The molecule has 2 aliphatic rings. The van der Waals surface area contributed by atoms with Crippen molar-refractivity contribution < 1.29 is 17.9 Å². The summed E-state index contributed by atoms with van der Waals surface area (Å²) in [5, 5.41) is 95.6. The van der Waals surface area contributed by atoms with Crippen LogP contribution in [-0.2, 0) is 27.7 Å². The summed E-state index contributed by atoms with van der Waals surface area (Å²) in [6.45, 7) is 23.7. The van der Waals surface area contributed by atoms with E-state index in [2.05, 4.69) is 115 Å². The number of hydrogen-bond donors (Lipinski definition) is 7. The number of halogens is 1. The van der Waals surface area contributed by atoms with Crippen LogP contribution in [0.15, 0.2) is 175 Å². The molecular formula is C98H93ClN34O10S2. The van der Waals surface area contributed by atoms with Crippen molar-refractivity contribution in [2.45, 2.75) is 150 Å². The predicted octanol–water partition coefficient (Wildman–Crippen LogP) is 12.4. The number of fused-ring (bicyclic) bond motifs is 6. The van der Waals surface area contributed by atoms with Crippen LogP contribution in [0.1, 0.15) is 220 Å². The number of amides is 1. The van der Waals surface area contributed by atoms with Gasteiger partial charge in [0.25, 0.3) is 49.3 Å². The smallest absolute Gasteiger partial charge is 0.276 e. The van der Waals surface area contributed by atoms with Crippen molar-refractivity contribution in [3.05, 3.63) is 291 Å². The number of nitrogens with one attached hydrogen (secondary N) is 7. The standard InChI is InChI=1S/C21H20ClN5O3.C18H16N6OS.C18H20N6O.C15H13N5O.C14H14N6O3S.C12H10N6O/c1-12(2)17-18(25-19-14(10-23)11-24-27(19)21(17)29)13-3-4-16(22)15(9-13)20(28)26-5-7-30-8-6-26;1-11(2)15-16(22-17-13(5-19)6-21-24(17)18(15)25)14-7-20-23(9-14)8-12-3-4-26-10-12;1-11(2)15-16(13-9-20-23(10-13)14-5-3-4-6-14)22-17-12(7-19)8-21-24(17)18(15)25;1-9(2)12-13(10-4-3-5-17-7-10)19-14-11(6-16)8-18-20(14)15(12)21;1-8(2)11-12(10-6-16-19(7-10)24(3,22)23)18-13-9(4-15)5-17-20(13)14(11)21;1-2-9-10(8-4-14-15-5-8)17-11-7(3-13)6-16-18(11)12(9)19/h3-4,9,11-12,24H,5-8H2,1-2H3;3-4,6-7,9-11,21H,8H2,1-2H3;8-11,14,21H,3-6H2,1-2H3;3-5,7-9,18H,1-2H3;5-8,17H,1-3H3;4-6,16H,2H2,1H3,(H,14,15). The van der Waals surface area contributed by atoms with Crippen molar-refractivity contribution in [1.29, 1.82) is 31.6 Å². The largest absolute Gasteiger partial charge is 0.378 e. The Morgan fingerprint density at radius 2 is 0.876 bits per heavy atom. The van der Waals surface area contributed by atoms with Crippen LogP contribution in [0, 0.1) is 68.0 Å². The number of aromatic nitrogens is 27. The van der Waals surface area contributed by atoms with Crippen molar-refractivity contribution in [2.24, 2.45) is 0 Å². The van der Waals surface area contributed by atoms with Crippen LogP contribution in [0.2, 0.25) is 5.02 Å². The first-order valence-corrected chi connectivity index (χ1v) is 49.0. The first kappa shape index (κ1) is 100. The molecule has 44 nitrogen and oxygen atoms in total. The molecule has 0 spiro atoms. The molecule has 21 rings (SSSR count). The number of benzene rings is 1. The first-order valence-electron chi connectivity index (χ1n) is 45.9. The number of ether oxygens (including phenoxy) is 1. The molecule has 1 aromatic carbocycles. The average Bonchev–Trinajstić information content (AvgIpc) is 1.64. The van der Waals surface area contributed by atoms with E-state index in [4.69, 9.17) is 32.1 Å². The van der Waals surface area contributed by atoms with Gasteiger partial charge in [0.05, 0.1) is 108 Å². The monoisotopic (exact) mass is 2000 g/mol. The minimum atomic E-state index is -3.54. The van der Waals surface area contributed by atoms with Gasteiger partial charge in [-0.2, -0.15) is 67.4 Å². The number of rotatable bonds is 17. The third-order valence-corrected chi connectivity index (χ3v) is 26.2. The average molecular weight is 2010 g/mol. The van der Waals surface area contributed by atoms with Crippen LogP contribution < -0.4 is 33.4 Å². The van der Waals surface area contributed by atoms with E-state index in [1.54, 1.807) is 77.7 Å². The summed E-state index contributed by atoms with van der Waals surface area (Å²) < 4.78 is 40.9. The van der Waals surface area contributed by atoms with E-state index in [-0.39, 0.29) is 91.3 Å². The number of carbonyl (C=O) groups excluding carboxylic acids is 1. The summed E-state index contributed by atoms with van der Waals surface area (Å²) in [6.07, 6.45) is 31.8. The van der Waals surface area contributed by atoms with E-state index < -0.39 is 10.0 Å². The third kappa shape index (κ3) is 19.8. The second kappa shape index (κ2) is 42.2. The van der Waals surface area contributed by atoms with Crippen LogP contribution in [0.25, 0.3) is 101 Å². The first-order chi connectivity index (χ1) is 69.7. The Morgan fingerprint density at radius 3 is 1.26 bits per heavy atom. The molecular weight excluding hydrogens is 1910 g/mol. The van der Waals surface area contributed by atoms with Gasteiger partial charge in [-0.1, -0.05) is 107 Å². The Morgan fingerprint density at radius 1 is 0.476 bits per heavy atom. The number of carbonyl (C=O) groups is 1. The zero-order chi connectivity index (χ0) is 103. The summed E-state index contributed by atoms with van der Waals surface area (Å²) in [5.41, 5.74) is 14.4. The highest BCUT2D eigenvalue weighted by atomic mass is 35.5. The van der Waals surface area contributed by atoms with Crippen LogP contribution >= 0.6 is 22.9 Å². The molecule has 47 heteroatoms. The fraction of sp³-hybridized carbons (Fsp3) is 0.286. The minimum Gasteiger partial charge on any atom is -0.378 e. The lowest BCUT2D eigenvalue weighted by atomic mass is 9.97. The fourth-order valence-electron chi connectivity index (χ4n) is 17.2. The molecule has 19 aromatic rings. The molecule has 1 saturated heterocycles. The van der Waals surface area contributed by atoms with Crippen LogP contribution in [0.3, 0.4) is 0 Å². The number of nitriles is 6. The molecule has 0 radical (unpaired) electrons. The molecule has 2 fully saturated rings. The zero-order valence-corrected chi connectivity index (χ0v) is 82.6. The fourth-order valence-corrected chi connectivity index (χ4v) is 18.6. The lowest BCUT2D eigenvalue weighted by molar-refractivity contribution is 0.0303. The van der Waals surface area contributed by atoms with Gasteiger partial charge in [-0.25, -0.2) is 65.4 Å². The number of aromatic amines is 7. The van der Waals surface area contributed by atoms with Gasteiger partial charge in [-0.3, -0.25) is 83.6 Å². The summed E-state index contributed by atoms with van der Waals surface area (Å²) in [4.78, 5) is 123. The highest BCUT2D eigenvalue weighted by Gasteiger charge is 2.31. The topological polar surface area (TPSA) is 602 Å². The van der Waals surface area contributed by atoms with Gasteiger partial charge in [0.1, 0.15) is 69.8 Å². The maximum atomic E-state index is 13.1. The van der Waals surface area contributed by atoms with Crippen LogP contribution in [0.4, 0.5) is 0 Å². The normalized spacial score (nSPS) is 12.6. The van der Waals surface area contributed by atoms with Crippen molar-refractivity contribution in [3.63, 3.8) is 0 Å². The van der Waals surface area contributed by atoms with Gasteiger partial charge in [-0.15, -0.1) is 0 Å². The van der Waals surface area contributed by atoms with Gasteiger partial charge >= 0.3 is 0 Å². The van der Waals surface area contributed by atoms with Crippen molar-refractivity contribution in [2.75, 3.05) is 32.6 Å². The van der Waals surface area contributed by atoms with E-state index in [1.807, 2.05) is 134 Å². The molecule has 1 aliphatic carbocycles. The quantitative estimate of drug-likeness (QED) is 0.0445. The maximum absolute atomic E-state index is 13.1. The maximum Gasteiger partial charge on any atom is 0.276 e. The van der Waals surface area contributed by atoms with Crippen molar-refractivity contribution >= 4 is 72.8 Å².